The summed E-state index contributed by atoms with van der Waals surface area (Å²) < 4.78 is 0. The van der Waals surface area contributed by atoms with Crippen molar-refractivity contribution in [2.75, 3.05) is 23.7 Å². The Morgan fingerprint density at radius 3 is 3.31 bits per heavy atom. The number of nitrogens with zero attached hydrogens (tertiary/aromatic N) is 3. The van der Waals surface area contributed by atoms with Crippen LogP contribution < -0.4 is 4.90 Å². The highest BCUT2D eigenvalue weighted by molar-refractivity contribution is 8.00. The molecule has 0 aliphatic carbocycles. The standard InChI is InChI=1S/C12H15N3S/c1-2-11-9-15(6-7-16-11)12-10(8-13)4-3-5-14-12/h3-5,11H,2,6-7,9H2,1H3. The van der Waals surface area contributed by atoms with Crippen molar-refractivity contribution in [3.8, 4) is 6.07 Å². The fourth-order valence-electron chi connectivity index (χ4n) is 1.89. The van der Waals surface area contributed by atoms with Gasteiger partial charge in [-0.1, -0.05) is 6.92 Å². The van der Waals surface area contributed by atoms with E-state index in [-0.39, 0.29) is 0 Å². The minimum Gasteiger partial charge on any atom is -0.354 e. The Labute approximate surface area is 100 Å². The van der Waals surface area contributed by atoms with Gasteiger partial charge in [0.1, 0.15) is 11.9 Å². The van der Waals surface area contributed by atoms with E-state index in [9.17, 15) is 0 Å². The molecule has 1 aliphatic rings. The van der Waals surface area contributed by atoms with Crippen LogP contribution in [0.4, 0.5) is 5.82 Å². The molecule has 0 saturated carbocycles. The third-order valence-corrected chi connectivity index (χ3v) is 4.17. The van der Waals surface area contributed by atoms with E-state index < -0.39 is 0 Å². The summed E-state index contributed by atoms with van der Waals surface area (Å²) in [5, 5.41) is 9.72. The molecule has 84 valence electrons. The van der Waals surface area contributed by atoms with E-state index in [0.29, 0.717) is 10.8 Å². The largest absolute Gasteiger partial charge is 0.354 e. The van der Waals surface area contributed by atoms with Crippen LogP contribution >= 0.6 is 11.8 Å². The highest BCUT2D eigenvalue weighted by atomic mass is 32.2. The second kappa shape index (κ2) is 5.22. The van der Waals surface area contributed by atoms with Gasteiger partial charge in [-0.25, -0.2) is 4.98 Å². The Balaban J connectivity index is 2.20. The number of nitriles is 1. The topological polar surface area (TPSA) is 39.9 Å². The number of anilines is 1. The predicted molar refractivity (Wildman–Crippen MR) is 67.7 cm³/mol. The number of thioether (sulfide) groups is 1. The molecular weight excluding hydrogens is 218 g/mol. The van der Waals surface area contributed by atoms with Gasteiger partial charge in [0.2, 0.25) is 0 Å². The Hall–Kier alpha value is -1.21. The first-order valence-corrected chi connectivity index (χ1v) is 6.61. The second-order valence-electron chi connectivity index (χ2n) is 3.83. The van der Waals surface area contributed by atoms with Gasteiger partial charge >= 0.3 is 0 Å². The summed E-state index contributed by atoms with van der Waals surface area (Å²) in [7, 11) is 0. The van der Waals surface area contributed by atoms with E-state index in [1.165, 1.54) is 6.42 Å². The molecule has 0 radical (unpaired) electrons. The maximum absolute atomic E-state index is 9.05. The maximum atomic E-state index is 9.05. The van der Waals surface area contributed by atoms with Gasteiger partial charge in [-0.15, -0.1) is 0 Å². The molecule has 0 aromatic carbocycles. The molecule has 0 spiro atoms. The first-order valence-electron chi connectivity index (χ1n) is 5.56. The fourth-order valence-corrected chi connectivity index (χ4v) is 3.08. The molecule has 1 unspecified atom stereocenters. The molecule has 0 bridgehead atoms. The molecule has 1 aliphatic heterocycles. The summed E-state index contributed by atoms with van der Waals surface area (Å²) in [4.78, 5) is 6.58. The van der Waals surface area contributed by atoms with E-state index in [1.807, 2.05) is 23.9 Å². The molecule has 16 heavy (non-hydrogen) atoms. The third-order valence-electron chi connectivity index (χ3n) is 2.80. The van der Waals surface area contributed by atoms with E-state index in [2.05, 4.69) is 22.9 Å². The number of aromatic nitrogens is 1. The minimum atomic E-state index is 0.669. The van der Waals surface area contributed by atoms with Crippen molar-refractivity contribution in [2.24, 2.45) is 0 Å². The summed E-state index contributed by atoms with van der Waals surface area (Å²) in [5.41, 5.74) is 0.684. The van der Waals surface area contributed by atoms with E-state index in [0.717, 1.165) is 24.7 Å². The predicted octanol–water partition coefficient (Wildman–Crippen LogP) is 2.29. The lowest BCUT2D eigenvalue weighted by Gasteiger charge is -2.33. The summed E-state index contributed by atoms with van der Waals surface area (Å²) in [5.74, 6) is 1.98. The van der Waals surface area contributed by atoms with Crippen LogP contribution in [0.5, 0.6) is 0 Å². The SMILES string of the molecule is CCC1CN(c2ncccc2C#N)CCS1. The van der Waals surface area contributed by atoms with Crippen molar-refractivity contribution in [1.29, 1.82) is 5.26 Å². The molecule has 2 rings (SSSR count). The monoisotopic (exact) mass is 233 g/mol. The quantitative estimate of drug-likeness (QED) is 0.785. The molecular formula is C12H15N3S. The first kappa shape index (κ1) is 11.3. The van der Waals surface area contributed by atoms with Crippen LogP contribution in [0, 0.1) is 11.3 Å². The third kappa shape index (κ3) is 2.30. The molecule has 1 aromatic heterocycles. The molecule has 0 amide bonds. The highest BCUT2D eigenvalue weighted by Gasteiger charge is 2.21. The van der Waals surface area contributed by atoms with Gasteiger partial charge in [-0.05, 0) is 18.6 Å². The number of pyridine rings is 1. The Kier molecular flexibility index (Phi) is 3.68. The zero-order chi connectivity index (χ0) is 11.4. The molecule has 2 heterocycles. The lowest BCUT2D eigenvalue weighted by atomic mass is 10.2. The zero-order valence-electron chi connectivity index (χ0n) is 9.39. The molecule has 1 fully saturated rings. The molecule has 1 atom stereocenters. The van der Waals surface area contributed by atoms with Gasteiger partial charge < -0.3 is 4.90 Å². The fraction of sp³-hybridized carbons (Fsp3) is 0.500. The van der Waals surface area contributed by atoms with Crippen LogP contribution in [-0.4, -0.2) is 29.1 Å². The summed E-state index contributed by atoms with van der Waals surface area (Å²) in [6, 6.07) is 5.87. The van der Waals surface area contributed by atoms with E-state index >= 15 is 0 Å². The van der Waals surface area contributed by atoms with Crippen LogP contribution in [0.25, 0.3) is 0 Å². The molecule has 4 heteroatoms. The number of rotatable bonds is 2. The maximum Gasteiger partial charge on any atom is 0.146 e. The molecule has 0 N–H and O–H groups in total. The van der Waals surface area contributed by atoms with Crippen molar-refractivity contribution in [1.82, 2.24) is 4.98 Å². The number of hydrogen-bond donors (Lipinski definition) is 0. The highest BCUT2D eigenvalue weighted by Crippen LogP contribution is 2.26. The van der Waals surface area contributed by atoms with Crippen molar-refractivity contribution < 1.29 is 0 Å². The van der Waals surface area contributed by atoms with Crippen molar-refractivity contribution in [3.05, 3.63) is 23.9 Å². The lowest BCUT2D eigenvalue weighted by molar-refractivity contribution is 0.719. The van der Waals surface area contributed by atoms with Crippen molar-refractivity contribution >= 4 is 17.6 Å². The number of hydrogen-bond acceptors (Lipinski definition) is 4. The van der Waals surface area contributed by atoms with Crippen LogP contribution in [0.1, 0.15) is 18.9 Å². The average Bonchev–Trinajstić information content (AvgIpc) is 2.38. The van der Waals surface area contributed by atoms with Gasteiger partial charge in [0.15, 0.2) is 0 Å². The van der Waals surface area contributed by atoms with Crippen LogP contribution in [0.15, 0.2) is 18.3 Å². The molecule has 3 nitrogen and oxygen atoms in total. The molecule has 1 aromatic rings. The van der Waals surface area contributed by atoms with Gasteiger partial charge in [0.25, 0.3) is 0 Å². The first-order chi connectivity index (χ1) is 7.85. The van der Waals surface area contributed by atoms with Gasteiger partial charge in [-0.3, -0.25) is 0 Å². The van der Waals surface area contributed by atoms with E-state index in [4.69, 9.17) is 5.26 Å². The summed E-state index contributed by atoms with van der Waals surface area (Å²) >= 11 is 2.02. The van der Waals surface area contributed by atoms with Gasteiger partial charge in [-0.2, -0.15) is 17.0 Å². The summed E-state index contributed by atoms with van der Waals surface area (Å²) in [6.45, 7) is 4.21. The smallest absolute Gasteiger partial charge is 0.146 e. The van der Waals surface area contributed by atoms with Crippen LogP contribution in [-0.2, 0) is 0 Å². The minimum absolute atomic E-state index is 0.669. The van der Waals surface area contributed by atoms with E-state index in [1.54, 1.807) is 6.20 Å². The Morgan fingerprint density at radius 2 is 2.56 bits per heavy atom. The zero-order valence-corrected chi connectivity index (χ0v) is 10.2. The normalized spacial score (nSPS) is 20.5. The Morgan fingerprint density at radius 1 is 1.69 bits per heavy atom. The van der Waals surface area contributed by atoms with Crippen molar-refractivity contribution in [2.45, 2.75) is 18.6 Å². The second-order valence-corrected chi connectivity index (χ2v) is 5.24. The molecule has 1 saturated heterocycles. The van der Waals surface area contributed by atoms with Crippen molar-refractivity contribution in [3.63, 3.8) is 0 Å². The average molecular weight is 233 g/mol. The summed E-state index contributed by atoms with van der Waals surface area (Å²) in [6.07, 6.45) is 2.94. The lowest BCUT2D eigenvalue weighted by Crippen LogP contribution is -2.38. The van der Waals surface area contributed by atoms with Gasteiger partial charge in [0, 0.05) is 30.3 Å². The Bertz CT molecular complexity index is 399. The van der Waals surface area contributed by atoms with Crippen LogP contribution in [0.2, 0.25) is 0 Å². The van der Waals surface area contributed by atoms with Crippen LogP contribution in [0.3, 0.4) is 0 Å². The van der Waals surface area contributed by atoms with Gasteiger partial charge in [0.05, 0.1) is 5.56 Å².